The molecular weight excluding hydrogens is 454 g/mol. The summed E-state index contributed by atoms with van der Waals surface area (Å²) in [4.78, 5) is 24.1. The second kappa shape index (κ2) is 9.37. The number of hydrogen-bond acceptors (Lipinski definition) is 4. The molecule has 6 nitrogen and oxygen atoms in total. The van der Waals surface area contributed by atoms with E-state index in [2.05, 4.69) is 10.9 Å². The SMILES string of the molecule is CCOc1ccc(OC(C)C(=O)NNC(=O)c2cc(F)ccc2I)cc1. The fourth-order valence-corrected chi connectivity index (χ4v) is 2.58. The van der Waals surface area contributed by atoms with Crippen LogP contribution in [0.4, 0.5) is 4.39 Å². The van der Waals surface area contributed by atoms with Gasteiger partial charge in [0.1, 0.15) is 17.3 Å². The summed E-state index contributed by atoms with van der Waals surface area (Å²) in [5.74, 6) is -0.501. The molecule has 0 saturated carbocycles. The van der Waals surface area contributed by atoms with Gasteiger partial charge in [0, 0.05) is 3.57 Å². The maximum absolute atomic E-state index is 13.3. The molecule has 2 rings (SSSR count). The molecule has 138 valence electrons. The standard InChI is InChI=1S/C18H18FIN2O4/c1-3-25-13-5-7-14(8-6-13)26-11(2)17(23)21-22-18(24)15-10-12(19)4-9-16(15)20/h4-11H,3H2,1-2H3,(H,21,23)(H,22,24). The average Bonchev–Trinajstić information content (AvgIpc) is 2.63. The molecule has 0 aliphatic carbocycles. The van der Waals surface area contributed by atoms with Crippen molar-refractivity contribution in [3.63, 3.8) is 0 Å². The van der Waals surface area contributed by atoms with Gasteiger partial charge in [0.15, 0.2) is 6.10 Å². The van der Waals surface area contributed by atoms with Crippen LogP contribution < -0.4 is 20.3 Å². The van der Waals surface area contributed by atoms with Crippen molar-refractivity contribution in [2.24, 2.45) is 0 Å². The highest BCUT2D eigenvalue weighted by Gasteiger charge is 2.17. The van der Waals surface area contributed by atoms with E-state index in [0.717, 1.165) is 6.07 Å². The molecule has 0 bridgehead atoms. The zero-order valence-corrected chi connectivity index (χ0v) is 16.4. The first kappa shape index (κ1) is 20.0. The smallest absolute Gasteiger partial charge is 0.279 e. The Morgan fingerprint density at radius 1 is 1.12 bits per heavy atom. The van der Waals surface area contributed by atoms with Crippen molar-refractivity contribution in [1.29, 1.82) is 0 Å². The van der Waals surface area contributed by atoms with Gasteiger partial charge in [-0.05, 0) is 78.9 Å². The molecule has 1 atom stereocenters. The van der Waals surface area contributed by atoms with E-state index < -0.39 is 23.7 Å². The summed E-state index contributed by atoms with van der Waals surface area (Å²) in [6, 6.07) is 10.7. The number of nitrogens with one attached hydrogen (secondary N) is 2. The predicted molar refractivity (Wildman–Crippen MR) is 102 cm³/mol. The lowest BCUT2D eigenvalue weighted by Gasteiger charge is -2.15. The second-order valence-electron chi connectivity index (χ2n) is 5.23. The van der Waals surface area contributed by atoms with Gasteiger partial charge in [-0.3, -0.25) is 20.4 Å². The van der Waals surface area contributed by atoms with E-state index in [-0.39, 0.29) is 5.56 Å². The van der Waals surface area contributed by atoms with E-state index in [1.807, 2.05) is 29.5 Å². The number of benzene rings is 2. The molecule has 0 spiro atoms. The minimum Gasteiger partial charge on any atom is -0.494 e. The van der Waals surface area contributed by atoms with E-state index in [4.69, 9.17) is 9.47 Å². The molecule has 0 aromatic heterocycles. The fraction of sp³-hybridized carbons (Fsp3) is 0.222. The number of carbonyl (C=O) groups excluding carboxylic acids is 2. The van der Waals surface area contributed by atoms with Crippen molar-refractivity contribution in [2.45, 2.75) is 20.0 Å². The van der Waals surface area contributed by atoms with Crippen LogP contribution >= 0.6 is 22.6 Å². The monoisotopic (exact) mass is 472 g/mol. The molecule has 2 N–H and O–H groups in total. The summed E-state index contributed by atoms with van der Waals surface area (Å²) in [6.45, 7) is 3.99. The van der Waals surface area contributed by atoms with Crippen LogP contribution in [0.15, 0.2) is 42.5 Å². The van der Waals surface area contributed by atoms with Crippen LogP contribution in [0, 0.1) is 9.39 Å². The van der Waals surface area contributed by atoms with Crippen molar-refractivity contribution >= 4 is 34.4 Å². The third-order valence-electron chi connectivity index (χ3n) is 3.29. The summed E-state index contributed by atoms with van der Waals surface area (Å²) in [5.41, 5.74) is 4.65. The molecule has 0 heterocycles. The number of halogens is 2. The second-order valence-corrected chi connectivity index (χ2v) is 6.39. The van der Waals surface area contributed by atoms with E-state index in [1.165, 1.54) is 12.1 Å². The van der Waals surface area contributed by atoms with Crippen LogP contribution in [0.1, 0.15) is 24.2 Å². The highest BCUT2D eigenvalue weighted by atomic mass is 127. The van der Waals surface area contributed by atoms with Crippen LogP contribution in [0.5, 0.6) is 11.5 Å². The molecule has 2 amide bonds. The quantitative estimate of drug-likeness (QED) is 0.501. The number of carbonyl (C=O) groups is 2. The van der Waals surface area contributed by atoms with Crippen molar-refractivity contribution in [1.82, 2.24) is 10.9 Å². The summed E-state index contributed by atoms with van der Waals surface area (Å²) >= 11 is 1.91. The lowest BCUT2D eigenvalue weighted by molar-refractivity contribution is -0.128. The van der Waals surface area contributed by atoms with E-state index in [1.54, 1.807) is 31.2 Å². The van der Waals surface area contributed by atoms with Crippen molar-refractivity contribution < 1.29 is 23.5 Å². The molecule has 1 unspecified atom stereocenters. The van der Waals surface area contributed by atoms with Gasteiger partial charge in [-0.1, -0.05) is 0 Å². The number of rotatable bonds is 6. The summed E-state index contributed by atoms with van der Waals surface area (Å²) in [5, 5.41) is 0. The van der Waals surface area contributed by atoms with Crippen LogP contribution in [-0.4, -0.2) is 24.5 Å². The topological polar surface area (TPSA) is 76.7 Å². The Bertz CT molecular complexity index is 783. The lowest BCUT2D eigenvalue weighted by Crippen LogP contribution is -2.47. The lowest BCUT2D eigenvalue weighted by atomic mass is 10.2. The first-order chi connectivity index (χ1) is 12.4. The summed E-state index contributed by atoms with van der Waals surface area (Å²) in [6.07, 6.45) is -0.847. The van der Waals surface area contributed by atoms with E-state index in [9.17, 15) is 14.0 Å². The molecule has 8 heteroatoms. The molecule has 0 radical (unpaired) electrons. The number of ether oxygens (including phenoxy) is 2. The Labute approximate surface area is 164 Å². The third kappa shape index (κ3) is 5.58. The van der Waals surface area contributed by atoms with Crippen LogP contribution in [0.2, 0.25) is 0 Å². The molecule has 2 aromatic carbocycles. The zero-order valence-electron chi connectivity index (χ0n) is 14.2. The molecule has 0 saturated heterocycles. The normalized spacial score (nSPS) is 11.4. The molecular formula is C18H18FIN2O4. The van der Waals surface area contributed by atoms with Crippen LogP contribution in [-0.2, 0) is 4.79 Å². The Morgan fingerprint density at radius 3 is 2.42 bits per heavy atom. The van der Waals surface area contributed by atoms with Gasteiger partial charge >= 0.3 is 0 Å². The summed E-state index contributed by atoms with van der Waals surface area (Å²) in [7, 11) is 0. The molecule has 26 heavy (non-hydrogen) atoms. The Hall–Kier alpha value is -2.36. The third-order valence-corrected chi connectivity index (χ3v) is 4.23. The first-order valence-electron chi connectivity index (χ1n) is 7.85. The maximum atomic E-state index is 13.3. The van der Waals surface area contributed by atoms with Crippen molar-refractivity contribution in [3.8, 4) is 11.5 Å². The van der Waals surface area contributed by atoms with E-state index >= 15 is 0 Å². The number of amides is 2. The summed E-state index contributed by atoms with van der Waals surface area (Å²) < 4.78 is 24.7. The fourth-order valence-electron chi connectivity index (χ4n) is 2.00. The molecule has 0 aliphatic rings. The van der Waals surface area contributed by atoms with Gasteiger partial charge in [-0.25, -0.2) is 4.39 Å². The highest BCUT2D eigenvalue weighted by Crippen LogP contribution is 2.18. The van der Waals surface area contributed by atoms with Gasteiger partial charge in [-0.2, -0.15) is 0 Å². The maximum Gasteiger partial charge on any atom is 0.279 e. The van der Waals surface area contributed by atoms with Gasteiger partial charge in [0.25, 0.3) is 11.8 Å². The molecule has 2 aromatic rings. The highest BCUT2D eigenvalue weighted by molar-refractivity contribution is 14.1. The Balaban J connectivity index is 1.88. The van der Waals surface area contributed by atoms with Gasteiger partial charge < -0.3 is 9.47 Å². The molecule has 0 fully saturated rings. The van der Waals surface area contributed by atoms with Gasteiger partial charge in [0.2, 0.25) is 0 Å². The van der Waals surface area contributed by atoms with Gasteiger partial charge in [-0.15, -0.1) is 0 Å². The van der Waals surface area contributed by atoms with E-state index in [0.29, 0.717) is 21.7 Å². The number of hydrogen-bond donors (Lipinski definition) is 2. The molecule has 0 aliphatic heterocycles. The van der Waals surface area contributed by atoms with Crippen LogP contribution in [0.25, 0.3) is 0 Å². The van der Waals surface area contributed by atoms with Crippen LogP contribution in [0.3, 0.4) is 0 Å². The zero-order chi connectivity index (χ0) is 19.1. The minimum absolute atomic E-state index is 0.131. The van der Waals surface area contributed by atoms with Gasteiger partial charge in [0.05, 0.1) is 12.2 Å². The Kier molecular flexibility index (Phi) is 7.19. The first-order valence-corrected chi connectivity index (χ1v) is 8.93. The minimum atomic E-state index is -0.847. The van der Waals surface area contributed by atoms with Crippen molar-refractivity contribution in [3.05, 3.63) is 57.4 Å². The largest absolute Gasteiger partial charge is 0.494 e. The average molecular weight is 472 g/mol. The van der Waals surface area contributed by atoms with Crippen molar-refractivity contribution in [2.75, 3.05) is 6.61 Å². The number of hydrazine groups is 1. The Morgan fingerprint density at radius 2 is 1.77 bits per heavy atom. The predicted octanol–water partition coefficient (Wildman–Crippen LogP) is 3.06.